The highest BCUT2D eigenvalue weighted by molar-refractivity contribution is 5.46. The number of rotatable bonds is 6. The third-order valence-electron chi connectivity index (χ3n) is 3.68. The monoisotopic (exact) mass is 339 g/mol. The first-order chi connectivity index (χ1) is 11.3. The molecule has 0 amide bonds. The Morgan fingerprint density at radius 3 is 2.58 bits per heavy atom. The van der Waals surface area contributed by atoms with Crippen molar-refractivity contribution in [3.05, 3.63) is 53.7 Å². The highest BCUT2D eigenvalue weighted by Crippen LogP contribution is 2.33. The van der Waals surface area contributed by atoms with Crippen LogP contribution in [0.25, 0.3) is 0 Å². The number of pyridine rings is 1. The van der Waals surface area contributed by atoms with E-state index in [1.165, 1.54) is 12.3 Å². The van der Waals surface area contributed by atoms with E-state index in [4.69, 9.17) is 4.74 Å². The SMILES string of the molecule is COc1cccc(C(CNc2ncccc2C(F)(F)F)N(C)C)c1. The van der Waals surface area contributed by atoms with Crippen molar-refractivity contribution in [2.24, 2.45) is 0 Å². The zero-order valence-electron chi connectivity index (χ0n) is 13.8. The molecule has 4 nitrogen and oxygen atoms in total. The van der Waals surface area contributed by atoms with E-state index in [2.05, 4.69) is 10.3 Å². The van der Waals surface area contributed by atoms with Crippen molar-refractivity contribution < 1.29 is 17.9 Å². The molecule has 130 valence electrons. The van der Waals surface area contributed by atoms with E-state index >= 15 is 0 Å². The van der Waals surface area contributed by atoms with Crippen molar-refractivity contribution in [3.63, 3.8) is 0 Å². The third kappa shape index (κ3) is 4.38. The summed E-state index contributed by atoms with van der Waals surface area (Å²) in [6, 6.07) is 9.62. The summed E-state index contributed by atoms with van der Waals surface area (Å²) in [5.74, 6) is 0.535. The fraction of sp³-hybridized carbons (Fsp3) is 0.353. The number of likely N-dealkylation sites (N-methyl/N-ethyl adjacent to an activating group) is 1. The number of nitrogens with one attached hydrogen (secondary N) is 1. The summed E-state index contributed by atoms with van der Waals surface area (Å²) in [4.78, 5) is 5.76. The van der Waals surface area contributed by atoms with Gasteiger partial charge in [0.05, 0.1) is 18.7 Å². The van der Waals surface area contributed by atoms with Gasteiger partial charge < -0.3 is 15.0 Å². The van der Waals surface area contributed by atoms with Crippen LogP contribution in [-0.4, -0.2) is 37.6 Å². The van der Waals surface area contributed by atoms with Gasteiger partial charge in [-0.3, -0.25) is 0 Å². The summed E-state index contributed by atoms with van der Waals surface area (Å²) in [6.45, 7) is 0.278. The zero-order valence-corrected chi connectivity index (χ0v) is 13.8. The first-order valence-corrected chi connectivity index (χ1v) is 7.39. The highest BCUT2D eigenvalue weighted by Gasteiger charge is 2.34. The summed E-state index contributed by atoms with van der Waals surface area (Å²) in [5, 5.41) is 2.82. The van der Waals surface area contributed by atoms with Crippen LogP contribution in [0.2, 0.25) is 0 Å². The lowest BCUT2D eigenvalue weighted by Crippen LogP contribution is -2.27. The van der Waals surface area contributed by atoms with Gasteiger partial charge in [0.2, 0.25) is 0 Å². The van der Waals surface area contributed by atoms with Gasteiger partial charge in [-0.05, 0) is 43.9 Å². The molecule has 0 saturated carbocycles. The molecule has 2 aromatic rings. The number of hydrogen-bond acceptors (Lipinski definition) is 4. The maximum Gasteiger partial charge on any atom is 0.419 e. The Morgan fingerprint density at radius 1 is 1.21 bits per heavy atom. The lowest BCUT2D eigenvalue weighted by Gasteiger charge is -2.26. The van der Waals surface area contributed by atoms with E-state index in [-0.39, 0.29) is 18.4 Å². The van der Waals surface area contributed by atoms with E-state index in [0.29, 0.717) is 5.75 Å². The maximum absolute atomic E-state index is 13.0. The van der Waals surface area contributed by atoms with Crippen LogP contribution < -0.4 is 10.1 Å². The summed E-state index contributed by atoms with van der Waals surface area (Å²) >= 11 is 0. The second kappa shape index (κ2) is 7.53. The van der Waals surface area contributed by atoms with Crippen molar-refractivity contribution >= 4 is 5.82 Å². The number of halogens is 3. The largest absolute Gasteiger partial charge is 0.497 e. The second-order valence-electron chi connectivity index (χ2n) is 5.53. The molecule has 0 aliphatic rings. The van der Waals surface area contributed by atoms with Crippen molar-refractivity contribution in [1.29, 1.82) is 0 Å². The van der Waals surface area contributed by atoms with Gasteiger partial charge in [0, 0.05) is 12.7 Å². The molecule has 0 fully saturated rings. The molecule has 1 N–H and O–H groups in total. The Labute approximate surface area is 139 Å². The summed E-state index contributed by atoms with van der Waals surface area (Å²) in [6.07, 6.45) is -3.10. The Hall–Kier alpha value is -2.28. The van der Waals surface area contributed by atoms with Gasteiger partial charge in [-0.15, -0.1) is 0 Å². The highest BCUT2D eigenvalue weighted by atomic mass is 19.4. The Kier molecular flexibility index (Phi) is 5.66. The molecule has 0 aliphatic heterocycles. The van der Waals surface area contributed by atoms with E-state index in [0.717, 1.165) is 11.6 Å². The first kappa shape index (κ1) is 18.1. The number of nitrogens with zero attached hydrogens (tertiary/aromatic N) is 2. The smallest absolute Gasteiger partial charge is 0.419 e. The van der Waals surface area contributed by atoms with E-state index in [1.807, 2.05) is 43.3 Å². The molecule has 2 rings (SSSR count). The second-order valence-corrected chi connectivity index (χ2v) is 5.53. The molecule has 1 aromatic carbocycles. The van der Waals surface area contributed by atoms with Crippen LogP contribution in [0.15, 0.2) is 42.6 Å². The zero-order chi connectivity index (χ0) is 17.7. The molecular weight excluding hydrogens is 319 g/mol. The van der Waals surface area contributed by atoms with Gasteiger partial charge in [0.1, 0.15) is 11.6 Å². The number of hydrogen-bond donors (Lipinski definition) is 1. The predicted octanol–water partition coefficient (Wildman–Crippen LogP) is 3.82. The molecular formula is C17H20F3N3O. The molecule has 1 unspecified atom stereocenters. The van der Waals surface area contributed by atoms with Crippen LogP contribution >= 0.6 is 0 Å². The average Bonchev–Trinajstić information content (AvgIpc) is 2.54. The Bertz CT molecular complexity index is 674. The molecule has 0 spiro atoms. The van der Waals surface area contributed by atoms with Gasteiger partial charge >= 0.3 is 6.18 Å². The number of anilines is 1. The number of alkyl halides is 3. The molecule has 0 saturated heterocycles. The van der Waals surface area contributed by atoms with E-state index < -0.39 is 11.7 Å². The fourth-order valence-electron chi connectivity index (χ4n) is 2.42. The van der Waals surface area contributed by atoms with Crippen molar-refractivity contribution in [3.8, 4) is 5.75 Å². The molecule has 0 bridgehead atoms. The predicted molar refractivity (Wildman–Crippen MR) is 87.2 cm³/mol. The lowest BCUT2D eigenvalue weighted by atomic mass is 10.1. The van der Waals surface area contributed by atoms with Crippen molar-refractivity contribution in [1.82, 2.24) is 9.88 Å². The topological polar surface area (TPSA) is 37.4 Å². The normalized spacial score (nSPS) is 13.0. The van der Waals surface area contributed by atoms with E-state index in [1.54, 1.807) is 7.11 Å². The first-order valence-electron chi connectivity index (χ1n) is 7.39. The molecule has 24 heavy (non-hydrogen) atoms. The average molecular weight is 339 g/mol. The van der Waals surface area contributed by atoms with Gasteiger partial charge in [0.25, 0.3) is 0 Å². The molecule has 0 radical (unpaired) electrons. The minimum Gasteiger partial charge on any atom is -0.497 e. The van der Waals surface area contributed by atoms with Crippen LogP contribution in [0.3, 0.4) is 0 Å². The number of benzene rings is 1. The van der Waals surface area contributed by atoms with Crippen LogP contribution in [0.4, 0.5) is 19.0 Å². The molecule has 1 atom stereocenters. The lowest BCUT2D eigenvalue weighted by molar-refractivity contribution is -0.137. The van der Waals surface area contributed by atoms with Crippen LogP contribution in [0.1, 0.15) is 17.2 Å². The third-order valence-corrected chi connectivity index (χ3v) is 3.68. The van der Waals surface area contributed by atoms with Gasteiger partial charge in [-0.25, -0.2) is 4.98 Å². The fourth-order valence-corrected chi connectivity index (χ4v) is 2.42. The quantitative estimate of drug-likeness (QED) is 0.868. The number of methoxy groups -OCH3 is 1. The van der Waals surface area contributed by atoms with Gasteiger partial charge in [0.15, 0.2) is 0 Å². The van der Waals surface area contributed by atoms with Gasteiger partial charge in [-0.2, -0.15) is 13.2 Å². The van der Waals surface area contributed by atoms with Gasteiger partial charge in [-0.1, -0.05) is 12.1 Å². The number of aromatic nitrogens is 1. The minimum absolute atomic E-state index is 0.136. The summed E-state index contributed by atoms with van der Waals surface area (Å²) < 4.78 is 44.3. The molecule has 1 heterocycles. The van der Waals surface area contributed by atoms with E-state index in [9.17, 15) is 13.2 Å². The van der Waals surface area contributed by atoms with Crippen LogP contribution in [-0.2, 0) is 6.18 Å². The molecule has 7 heteroatoms. The standard InChI is InChI=1S/C17H20F3N3O/c1-23(2)15(12-6-4-7-13(10-12)24-3)11-22-16-14(17(18,19)20)8-5-9-21-16/h4-10,15H,11H2,1-3H3,(H,21,22). The Morgan fingerprint density at radius 2 is 1.96 bits per heavy atom. The van der Waals surface area contributed by atoms with Crippen molar-refractivity contribution in [2.75, 3.05) is 33.1 Å². The summed E-state index contributed by atoms with van der Waals surface area (Å²) in [5.41, 5.74) is 0.171. The maximum atomic E-state index is 13.0. The minimum atomic E-state index is -4.44. The molecule has 1 aromatic heterocycles. The van der Waals surface area contributed by atoms with Crippen LogP contribution in [0, 0.1) is 0 Å². The summed E-state index contributed by atoms with van der Waals surface area (Å²) in [7, 11) is 5.31. The van der Waals surface area contributed by atoms with Crippen LogP contribution in [0.5, 0.6) is 5.75 Å². The Balaban J connectivity index is 2.21. The molecule has 0 aliphatic carbocycles. The van der Waals surface area contributed by atoms with Crippen molar-refractivity contribution in [2.45, 2.75) is 12.2 Å². The number of ether oxygens (including phenoxy) is 1.